The molecule has 0 N–H and O–H groups in total. The lowest BCUT2D eigenvalue weighted by molar-refractivity contribution is 0.0183. The van der Waals surface area contributed by atoms with Crippen LogP contribution in [-0.4, -0.2) is 39.5 Å². The molecule has 0 bridgehead atoms. The van der Waals surface area contributed by atoms with Gasteiger partial charge in [0.1, 0.15) is 5.60 Å². The van der Waals surface area contributed by atoms with E-state index < -0.39 is 5.60 Å². The zero-order chi connectivity index (χ0) is 18.7. The van der Waals surface area contributed by atoms with E-state index in [9.17, 15) is 9.59 Å². The molecule has 1 aromatic heterocycles. The Hall–Kier alpha value is -2.63. The molecule has 0 spiro atoms. The van der Waals surface area contributed by atoms with E-state index in [1.54, 1.807) is 21.8 Å². The van der Waals surface area contributed by atoms with Gasteiger partial charge in [0.25, 0.3) is 5.56 Å². The lowest BCUT2D eigenvalue weighted by Gasteiger charge is -2.33. The van der Waals surface area contributed by atoms with Crippen LogP contribution < -0.4 is 5.56 Å². The third-order valence-electron chi connectivity index (χ3n) is 4.42. The van der Waals surface area contributed by atoms with Gasteiger partial charge in [-0.15, -0.1) is 0 Å². The van der Waals surface area contributed by atoms with E-state index in [4.69, 9.17) is 4.74 Å². The lowest BCUT2D eigenvalue weighted by atomic mass is 10.0. The SMILES string of the molecule is CC(C)(C)OC(=O)N1CCC(n2nccc(-c3ccccc3)c2=O)CC1. The summed E-state index contributed by atoms with van der Waals surface area (Å²) in [6, 6.07) is 11.3. The number of hydrogen-bond donors (Lipinski definition) is 0. The second-order valence-electron chi connectivity index (χ2n) is 7.56. The van der Waals surface area contributed by atoms with Crippen LogP contribution in [0.2, 0.25) is 0 Å². The number of ether oxygens (including phenoxy) is 1. The van der Waals surface area contributed by atoms with Crippen LogP contribution in [0.15, 0.2) is 47.4 Å². The Kier molecular flexibility index (Phi) is 5.11. The number of nitrogens with zero attached hydrogens (tertiary/aromatic N) is 3. The maximum atomic E-state index is 12.9. The van der Waals surface area contributed by atoms with Gasteiger partial charge in [-0.1, -0.05) is 30.3 Å². The summed E-state index contributed by atoms with van der Waals surface area (Å²) in [6.45, 7) is 6.69. The fourth-order valence-corrected chi connectivity index (χ4v) is 3.14. The number of rotatable bonds is 2. The summed E-state index contributed by atoms with van der Waals surface area (Å²) in [7, 11) is 0. The van der Waals surface area contributed by atoms with E-state index in [1.165, 1.54) is 0 Å². The highest BCUT2D eigenvalue weighted by Gasteiger charge is 2.28. The average molecular weight is 355 g/mol. The standard InChI is InChI=1S/C20H25N3O3/c1-20(2,3)26-19(25)22-13-10-16(11-14-22)23-18(24)17(9-12-21-23)15-7-5-4-6-8-15/h4-9,12,16H,10-11,13-14H2,1-3H3. The monoisotopic (exact) mass is 355 g/mol. The predicted molar refractivity (Wildman–Crippen MR) is 100 cm³/mol. The van der Waals surface area contributed by atoms with Crippen molar-refractivity contribution in [2.75, 3.05) is 13.1 Å². The normalized spacial score (nSPS) is 15.7. The van der Waals surface area contributed by atoms with Gasteiger partial charge in [-0.05, 0) is 45.2 Å². The molecular weight excluding hydrogens is 330 g/mol. The van der Waals surface area contributed by atoms with E-state index in [-0.39, 0.29) is 17.7 Å². The van der Waals surface area contributed by atoms with Crippen molar-refractivity contribution in [3.8, 4) is 11.1 Å². The van der Waals surface area contributed by atoms with Gasteiger partial charge in [0.15, 0.2) is 0 Å². The highest BCUT2D eigenvalue weighted by atomic mass is 16.6. The van der Waals surface area contributed by atoms with E-state index in [0.717, 1.165) is 5.56 Å². The van der Waals surface area contributed by atoms with E-state index in [0.29, 0.717) is 31.5 Å². The molecule has 0 saturated carbocycles. The van der Waals surface area contributed by atoms with Crippen LogP contribution >= 0.6 is 0 Å². The van der Waals surface area contributed by atoms with Crippen molar-refractivity contribution in [3.63, 3.8) is 0 Å². The number of hydrogen-bond acceptors (Lipinski definition) is 4. The summed E-state index contributed by atoms with van der Waals surface area (Å²) in [5, 5.41) is 4.29. The van der Waals surface area contributed by atoms with Crippen molar-refractivity contribution in [2.45, 2.75) is 45.3 Å². The third-order valence-corrected chi connectivity index (χ3v) is 4.42. The molecule has 6 heteroatoms. The van der Waals surface area contributed by atoms with Crippen LogP contribution in [0, 0.1) is 0 Å². The van der Waals surface area contributed by atoms with Gasteiger partial charge in [0, 0.05) is 19.3 Å². The Balaban J connectivity index is 1.73. The fraction of sp³-hybridized carbons (Fsp3) is 0.450. The summed E-state index contributed by atoms with van der Waals surface area (Å²) in [6.07, 6.45) is 2.74. The summed E-state index contributed by atoms with van der Waals surface area (Å²) in [5.41, 5.74) is 0.945. The number of carbonyl (C=O) groups is 1. The fourth-order valence-electron chi connectivity index (χ4n) is 3.14. The molecule has 1 aliphatic heterocycles. The molecule has 1 saturated heterocycles. The molecule has 1 amide bonds. The van der Waals surface area contributed by atoms with Crippen LogP contribution in [0.4, 0.5) is 4.79 Å². The number of likely N-dealkylation sites (tertiary alicyclic amines) is 1. The first-order chi connectivity index (χ1) is 12.3. The first kappa shape index (κ1) is 18.2. The van der Waals surface area contributed by atoms with Gasteiger partial charge < -0.3 is 9.64 Å². The van der Waals surface area contributed by atoms with Crippen LogP contribution in [0.3, 0.4) is 0 Å². The molecule has 0 atom stereocenters. The molecule has 1 fully saturated rings. The number of carbonyl (C=O) groups excluding carboxylic acids is 1. The molecule has 1 aliphatic rings. The molecule has 0 unspecified atom stereocenters. The van der Waals surface area contributed by atoms with Crippen molar-refractivity contribution < 1.29 is 9.53 Å². The molecule has 2 heterocycles. The summed E-state index contributed by atoms with van der Waals surface area (Å²) in [5.74, 6) is 0. The van der Waals surface area contributed by atoms with Crippen molar-refractivity contribution >= 4 is 6.09 Å². The van der Waals surface area contributed by atoms with Crippen LogP contribution in [0.5, 0.6) is 0 Å². The average Bonchev–Trinajstić information content (AvgIpc) is 2.61. The molecule has 3 rings (SSSR count). The van der Waals surface area contributed by atoms with Gasteiger partial charge in [-0.2, -0.15) is 5.10 Å². The van der Waals surface area contributed by atoms with Crippen LogP contribution in [0.25, 0.3) is 11.1 Å². The quantitative estimate of drug-likeness (QED) is 0.827. The van der Waals surface area contributed by atoms with E-state index in [1.807, 2.05) is 51.1 Å². The Bertz CT molecular complexity index is 816. The summed E-state index contributed by atoms with van der Waals surface area (Å²) < 4.78 is 6.99. The van der Waals surface area contributed by atoms with Gasteiger partial charge in [0.2, 0.25) is 0 Å². The Morgan fingerprint density at radius 2 is 1.77 bits per heavy atom. The van der Waals surface area contributed by atoms with Gasteiger partial charge in [0.05, 0.1) is 11.6 Å². The first-order valence-electron chi connectivity index (χ1n) is 8.96. The smallest absolute Gasteiger partial charge is 0.410 e. The maximum absolute atomic E-state index is 12.9. The molecule has 0 radical (unpaired) electrons. The second-order valence-corrected chi connectivity index (χ2v) is 7.56. The molecule has 1 aromatic carbocycles. The molecular formula is C20H25N3O3. The van der Waals surface area contributed by atoms with Crippen LogP contribution in [-0.2, 0) is 4.74 Å². The third kappa shape index (κ3) is 4.12. The lowest BCUT2D eigenvalue weighted by Crippen LogP contribution is -2.43. The largest absolute Gasteiger partial charge is 0.444 e. The number of amides is 1. The first-order valence-corrected chi connectivity index (χ1v) is 8.96. The Labute approximate surface area is 153 Å². The molecule has 138 valence electrons. The molecule has 2 aromatic rings. The van der Waals surface area contributed by atoms with Crippen molar-refractivity contribution in [1.82, 2.24) is 14.7 Å². The summed E-state index contributed by atoms with van der Waals surface area (Å²) in [4.78, 5) is 26.8. The second kappa shape index (κ2) is 7.32. The minimum absolute atomic E-state index is 0.00940. The van der Waals surface area contributed by atoms with Crippen molar-refractivity contribution in [2.24, 2.45) is 0 Å². The van der Waals surface area contributed by atoms with Gasteiger partial charge in [-0.25, -0.2) is 9.48 Å². The Morgan fingerprint density at radius 1 is 1.12 bits per heavy atom. The molecule has 0 aliphatic carbocycles. The van der Waals surface area contributed by atoms with Crippen LogP contribution in [0.1, 0.15) is 39.7 Å². The molecule has 6 nitrogen and oxygen atoms in total. The van der Waals surface area contributed by atoms with Gasteiger partial charge >= 0.3 is 6.09 Å². The minimum atomic E-state index is -0.504. The number of benzene rings is 1. The van der Waals surface area contributed by atoms with E-state index in [2.05, 4.69) is 5.10 Å². The van der Waals surface area contributed by atoms with Gasteiger partial charge in [-0.3, -0.25) is 4.79 Å². The zero-order valence-electron chi connectivity index (χ0n) is 15.5. The zero-order valence-corrected chi connectivity index (χ0v) is 15.5. The van der Waals surface area contributed by atoms with E-state index >= 15 is 0 Å². The predicted octanol–water partition coefficient (Wildman–Crippen LogP) is 3.48. The molecule has 26 heavy (non-hydrogen) atoms. The van der Waals surface area contributed by atoms with Crippen molar-refractivity contribution in [1.29, 1.82) is 0 Å². The number of piperidine rings is 1. The number of aromatic nitrogens is 2. The topological polar surface area (TPSA) is 64.4 Å². The minimum Gasteiger partial charge on any atom is -0.444 e. The highest BCUT2D eigenvalue weighted by Crippen LogP contribution is 2.23. The van der Waals surface area contributed by atoms with Crippen molar-refractivity contribution in [3.05, 3.63) is 52.9 Å². The maximum Gasteiger partial charge on any atom is 0.410 e. The highest BCUT2D eigenvalue weighted by molar-refractivity contribution is 5.68. The Morgan fingerprint density at radius 3 is 2.38 bits per heavy atom. The summed E-state index contributed by atoms with van der Waals surface area (Å²) >= 11 is 0.